The molecule has 0 amide bonds. The summed E-state index contributed by atoms with van der Waals surface area (Å²) in [5.74, 6) is 3.45. The van der Waals surface area contributed by atoms with E-state index in [0.717, 1.165) is 29.9 Å². The molecule has 94 valence electrons. The molecule has 0 spiro atoms. The molecule has 2 atom stereocenters. The molecule has 0 bridgehead atoms. The number of hydrogen-bond acceptors (Lipinski definition) is 3. The quantitative estimate of drug-likeness (QED) is 0.867. The lowest BCUT2D eigenvalue weighted by Gasteiger charge is -2.26. The van der Waals surface area contributed by atoms with E-state index in [1.165, 1.54) is 25.7 Å². The Labute approximate surface area is 104 Å². The fourth-order valence-electron chi connectivity index (χ4n) is 2.60. The van der Waals surface area contributed by atoms with Crippen LogP contribution < -0.4 is 10.1 Å². The number of hydrogen-bond donors (Lipinski definition) is 1. The summed E-state index contributed by atoms with van der Waals surface area (Å²) in [5, 5.41) is 3.42. The minimum atomic E-state index is 0.807. The van der Waals surface area contributed by atoms with Gasteiger partial charge >= 0.3 is 0 Å². The van der Waals surface area contributed by atoms with E-state index < -0.39 is 0 Å². The Kier molecular flexibility index (Phi) is 4.24. The molecule has 0 radical (unpaired) electrons. The van der Waals surface area contributed by atoms with Gasteiger partial charge in [0.2, 0.25) is 0 Å². The number of aromatic nitrogens is 1. The summed E-state index contributed by atoms with van der Waals surface area (Å²) in [4.78, 5) is 4.32. The lowest BCUT2D eigenvalue weighted by molar-refractivity contribution is 0.293. The lowest BCUT2D eigenvalue weighted by Crippen LogP contribution is -2.21. The van der Waals surface area contributed by atoms with Gasteiger partial charge in [-0.1, -0.05) is 19.8 Å². The molecule has 1 aliphatic rings. The van der Waals surface area contributed by atoms with Gasteiger partial charge < -0.3 is 10.1 Å². The van der Waals surface area contributed by atoms with Gasteiger partial charge in [-0.25, -0.2) is 4.98 Å². The Morgan fingerprint density at radius 1 is 1.41 bits per heavy atom. The molecule has 0 aromatic carbocycles. The van der Waals surface area contributed by atoms with Gasteiger partial charge in [0, 0.05) is 6.54 Å². The van der Waals surface area contributed by atoms with Crippen molar-refractivity contribution in [1.82, 2.24) is 4.98 Å². The molecule has 2 unspecified atom stereocenters. The fraction of sp³-hybridized carbons (Fsp3) is 0.643. The van der Waals surface area contributed by atoms with Crippen molar-refractivity contribution in [2.75, 3.05) is 19.0 Å². The van der Waals surface area contributed by atoms with E-state index in [0.29, 0.717) is 0 Å². The second-order valence-electron chi connectivity index (χ2n) is 5.10. The minimum absolute atomic E-state index is 0.807. The first-order valence-electron chi connectivity index (χ1n) is 6.52. The fourth-order valence-corrected chi connectivity index (χ4v) is 2.60. The van der Waals surface area contributed by atoms with Crippen LogP contribution in [0, 0.1) is 11.8 Å². The van der Waals surface area contributed by atoms with Crippen molar-refractivity contribution in [1.29, 1.82) is 0 Å². The van der Waals surface area contributed by atoms with E-state index in [1.807, 2.05) is 12.1 Å². The SMILES string of the molecule is COc1ccc(NCC2CCCC(C)C2)nc1. The predicted octanol–water partition coefficient (Wildman–Crippen LogP) is 3.33. The van der Waals surface area contributed by atoms with Crippen LogP contribution in [-0.4, -0.2) is 18.6 Å². The van der Waals surface area contributed by atoms with Gasteiger partial charge in [-0.3, -0.25) is 0 Å². The Morgan fingerprint density at radius 2 is 2.29 bits per heavy atom. The van der Waals surface area contributed by atoms with Crippen molar-refractivity contribution in [2.24, 2.45) is 11.8 Å². The second kappa shape index (κ2) is 5.89. The van der Waals surface area contributed by atoms with Gasteiger partial charge in [0.1, 0.15) is 11.6 Å². The number of ether oxygens (including phenoxy) is 1. The van der Waals surface area contributed by atoms with E-state index in [9.17, 15) is 0 Å². The summed E-state index contributed by atoms with van der Waals surface area (Å²) in [6.07, 6.45) is 7.24. The summed E-state index contributed by atoms with van der Waals surface area (Å²) in [6, 6.07) is 3.92. The molecule has 3 heteroatoms. The van der Waals surface area contributed by atoms with Crippen molar-refractivity contribution in [3.8, 4) is 5.75 Å². The largest absolute Gasteiger partial charge is 0.495 e. The lowest BCUT2D eigenvalue weighted by atomic mass is 9.82. The zero-order chi connectivity index (χ0) is 12.1. The highest BCUT2D eigenvalue weighted by Gasteiger charge is 2.18. The average molecular weight is 234 g/mol. The molecular formula is C14H22N2O. The van der Waals surface area contributed by atoms with E-state index in [2.05, 4.69) is 17.2 Å². The number of methoxy groups -OCH3 is 1. The maximum atomic E-state index is 5.09. The first-order valence-corrected chi connectivity index (χ1v) is 6.52. The zero-order valence-electron chi connectivity index (χ0n) is 10.8. The van der Waals surface area contributed by atoms with Crippen molar-refractivity contribution in [2.45, 2.75) is 32.6 Å². The van der Waals surface area contributed by atoms with E-state index in [1.54, 1.807) is 13.3 Å². The molecule has 1 fully saturated rings. The van der Waals surface area contributed by atoms with Crippen molar-refractivity contribution in [3.63, 3.8) is 0 Å². The number of nitrogens with zero attached hydrogens (tertiary/aromatic N) is 1. The third-order valence-electron chi connectivity index (χ3n) is 3.59. The van der Waals surface area contributed by atoms with Crippen LogP contribution in [0.25, 0.3) is 0 Å². The van der Waals surface area contributed by atoms with E-state index >= 15 is 0 Å². The zero-order valence-corrected chi connectivity index (χ0v) is 10.8. The van der Waals surface area contributed by atoms with Gasteiger partial charge in [0.25, 0.3) is 0 Å². The van der Waals surface area contributed by atoms with Crippen molar-refractivity contribution in [3.05, 3.63) is 18.3 Å². The van der Waals surface area contributed by atoms with Crippen LogP contribution in [0.5, 0.6) is 5.75 Å². The number of pyridine rings is 1. The summed E-state index contributed by atoms with van der Waals surface area (Å²) in [6.45, 7) is 3.40. The maximum Gasteiger partial charge on any atom is 0.137 e. The Balaban J connectivity index is 1.80. The standard InChI is InChI=1S/C14H22N2O/c1-11-4-3-5-12(8-11)9-15-14-7-6-13(17-2)10-16-14/h6-7,10-12H,3-5,8-9H2,1-2H3,(H,15,16). The topological polar surface area (TPSA) is 34.1 Å². The highest BCUT2D eigenvalue weighted by molar-refractivity contribution is 5.37. The molecule has 17 heavy (non-hydrogen) atoms. The van der Waals surface area contributed by atoms with Crippen molar-refractivity contribution >= 4 is 5.82 Å². The van der Waals surface area contributed by atoms with Gasteiger partial charge in [-0.2, -0.15) is 0 Å². The molecule has 1 aliphatic carbocycles. The predicted molar refractivity (Wildman–Crippen MR) is 70.4 cm³/mol. The van der Waals surface area contributed by atoms with Crippen LogP contribution in [0.4, 0.5) is 5.82 Å². The van der Waals surface area contributed by atoms with Gasteiger partial charge in [0.05, 0.1) is 13.3 Å². The monoisotopic (exact) mass is 234 g/mol. The molecule has 1 aromatic heterocycles. The number of nitrogens with one attached hydrogen (secondary N) is 1. The highest BCUT2D eigenvalue weighted by Crippen LogP contribution is 2.28. The van der Waals surface area contributed by atoms with E-state index in [-0.39, 0.29) is 0 Å². The normalized spacial score (nSPS) is 24.4. The van der Waals surface area contributed by atoms with Crippen LogP contribution in [0.1, 0.15) is 32.6 Å². The average Bonchev–Trinajstić information content (AvgIpc) is 2.37. The number of anilines is 1. The molecule has 0 aliphatic heterocycles. The van der Waals surface area contributed by atoms with Crippen molar-refractivity contribution < 1.29 is 4.74 Å². The third-order valence-corrected chi connectivity index (χ3v) is 3.59. The smallest absolute Gasteiger partial charge is 0.137 e. The number of rotatable bonds is 4. The highest BCUT2D eigenvalue weighted by atomic mass is 16.5. The third kappa shape index (κ3) is 3.62. The second-order valence-corrected chi connectivity index (χ2v) is 5.10. The van der Waals surface area contributed by atoms with Crippen LogP contribution in [0.3, 0.4) is 0 Å². The first kappa shape index (κ1) is 12.2. The van der Waals surface area contributed by atoms with Crippen LogP contribution in [0.2, 0.25) is 0 Å². The maximum absolute atomic E-state index is 5.09. The van der Waals surface area contributed by atoms with Crippen LogP contribution in [0.15, 0.2) is 18.3 Å². The molecule has 1 heterocycles. The van der Waals surface area contributed by atoms with Gasteiger partial charge in [0.15, 0.2) is 0 Å². The summed E-state index contributed by atoms with van der Waals surface area (Å²) < 4.78 is 5.09. The first-order chi connectivity index (χ1) is 8.28. The summed E-state index contributed by atoms with van der Waals surface area (Å²) in [5.41, 5.74) is 0. The molecule has 1 aromatic rings. The molecule has 3 nitrogen and oxygen atoms in total. The van der Waals surface area contributed by atoms with Crippen LogP contribution in [-0.2, 0) is 0 Å². The van der Waals surface area contributed by atoms with Gasteiger partial charge in [-0.05, 0) is 36.8 Å². The summed E-state index contributed by atoms with van der Waals surface area (Å²) >= 11 is 0. The summed E-state index contributed by atoms with van der Waals surface area (Å²) in [7, 11) is 1.66. The molecular weight excluding hydrogens is 212 g/mol. The molecule has 1 saturated carbocycles. The molecule has 2 rings (SSSR count). The molecule has 0 saturated heterocycles. The van der Waals surface area contributed by atoms with E-state index in [4.69, 9.17) is 4.74 Å². The molecule has 1 N–H and O–H groups in total. The minimum Gasteiger partial charge on any atom is -0.495 e. The Bertz CT molecular complexity index is 337. The van der Waals surface area contributed by atoms with Gasteiger partial charge in [-0.15, -0.1) is 0 Å². The Morgan fingerprint density at radius 3 is 2.94 bits per heavy atom. The Hall–Kier alpha value is -1.25. The van der Waals surface area contributed by atoms with Crippen LogP contribution >= 0.6 is 0 Å².